The van der Waals surface area contributed by atoms with Crippen LogP contribution in [-0.4, -0.2) is 5.78 Å². The summed E-state index contributed by atoms with van der Waals surface area (Å²) in [6.07, 6.45) is 1.50. The minimum atomic E-state index is -2.25. The second kappa shape index (κ2) is 8.27. The van der Waals surface area contributed by atoms with Crippen molar-refractivity contribution in [1.29, 1.82) is 0 Å². The van der Waals surface area contributed by atoms with Crippen LogP contribution in [0.1, 0.15) is 27.0 Å². The number of hydrogen-bond acceptors (Lipinski definition) is 3. The Morgan fingerprint density at radius 3 is 2.28 bits per heavy atom. The molecule has 1 heterocycles. The Kier molecular flexibility index (Phi) is 5.64. The van der Waals surface area contributed by atoms with E-state index in [0.717, 1.165) is 0 Å². The van der Waals surface area contributed by atoms with E-state index < -0.39 is 41.3 Å². The molecule has 4 rings (SSSR count). The predicted octanol–water partition coefficient (Wildman–Crippen LogP) is 6.54. The molecule has 0 N–H and O–H groups in total. The van der Waals surface area contributed by atoms with Gasteiger partial charge in [-0.25, -0.2) is 22.0 Å². The molecule has 0 unspecified atom stereocenters. The fraction of sp³-hybridized carbons (Fsp3) is 0.0870. The third-order valence-electron chi connectivity index (χ3n) is 4.77. The fourth-order valence-corrected chi connectivity index (χ4v) is 3.44. The number of fused-ring (bicyclic) bond motifs is 1. The van der Waals surface area contributed by atoms with Crippen LogP contribution in [0.3, 0.4) is 0 Å². The molecule has 9 heteroatoms. The zero-order valence-electron chi connectivity index (χ0n) is 16.2. The summed E-state index contributed by atoms with van der Waals surface area (Å²) in [6.45, 7) is 0.664. The van der Waals surface area contributed by atoms with E-state index in [4.69, 9.17) is 21.1 Å². The van der Waals surface area contributed by atoms with Crippen molar-refractivity contribution in [3.05, 3.63) is 98.5 Å². The highest BCUT2D eigenvalue weighted by molar-refractivity contribution is 6.30. The van der Waals surface area contributed by atoms with Crippen molar-refractivity contribution in [2.75, 3.05) is 0 Å². The van der Waals surface area contributed by atoms with Gasteiger partial charge in [-0.15, -0.1) is 0 Å². The third-order valence-corrected chi connectivity index (χ3v) is 5.01. The summed E-state index contributed by atoms with van der Waals surface area (Å²) in [5, 5.41) is 0.474. The maximum Gasteiger partial charge on any atom is 0.232 e. The van der Waals surface area contributed by atoms with Crippen LogP contribution in [0, 0.1) is 36.0 Å². The number of ketones is 1. The van der Waals surface area contributed by atoms with Crippen LogP contribution in [0.5, 0.6) is 11.5 Å². The van der Waals surface area contributed by atoms with Gasteiger partial charge < -0.3 is 9.47 Å². The normalized spacial score (nSPS) is 14.0. The number of allylic oxidation sites excluding steroid dienone is 1. The second-order valence-corrected chi connectivity index (χ2v) is 7.38. The van der Waals surface area contributed by atoms with Crippen LogP contribution >= 0.6 is 11.6 Å². The number of aryl methyl sites for hydroxylation is 1. The van der Waals surface area contributed by atoms with E-state index in [1.807, 2.05) is 0 Å². The summed E-state index contributed by atoms with van der Waals surface area (Å²) >= 11 is 5.94. The van der Waals surface area contributed by atoms with Crippen LogP contribution in [0.2, 0.25) is 5.02 Å². The van der Waals surface area contributed by atoms with E-state index in [2.05, 4.69) is 0 Å². The van der Waals surface area contributed by atoms with Gasteiger partial charge in [-0.2, -0.15) is 0 Å². The zero-order chi connectivity index (χ0) is 23.2. The van der Waals surface area contributed by atoms with Gasteiger partial charge in [0.15, 0.2) is 29.0 Å². The molecular formula is C23H12ClF5O3. The Labute approximate surface area is 183 Å². The molecule has 0 aliphatic carbocycles. The van der Waals surface area contributed by atoms with Crippen LogP contribution in [0.25, 0.3) is 6.08 Å². The van der Waals surface area contributed by atoms with Crippen molar-refractivity contribution >= 4 is 23.5 Å². The van der Waals surface area contributed by atoms with Crippen molar-refractivity contribution in [2.24, 2.45) is 0 Å². The Morgan fingerprint density at radius 1 is 0.969 bits per heavy atom. The van der Waals surface area contributed by atoms with Crippen molar-refractivity contribution in [3.8, 4) is 11.5 Å². The molecule has 1 aliphatic rings. The number of carbonyl (C=O) groups excluding carboxylic acids is 1. The molecule has 0 spiro atoms. The first kappa shape index (κ1) is 21.8. The molecule has 0 fully saturated rings. The van der Waals surface area contributed by atoms with Gasteiger partial charge in [0.25, 0.3) is 0 Å². The summed E-state index contributed by atoms with van der Waals surface area (Å²) in [6, 6.07) is 9.44. The number of halogens is 6. The zero-order valence-corrected chi connectivity index (χ0v) is 17.0. The summed E-state index contributed by atoms with van der Waals surface area (Å²) in [5.74, 6) is -10.5. The number of ether oxygens (including phenoxy) is 2. The van der Waals surface area contributed by atoms with E-state index >= 15 is 0 Å². The highest BCUT2D eigenvalue weighted by atomic mass is 35.5. The van der Waals surface area contributed by atoms with Gasteiger partial charge in [0.2, 0.25) is 11.6 Å². The minimum Gasteiger partial charge on any atom is -0.489 e. The molecule has 3 aromatic carbocycles. The molecule has 0 saturated carbocycles. The predicted molar refractivity (Wildman–Crippen MR) is 106 cm³/mol. The van der Waals surface area contributed by atoms with Crippen molar-refractivity contribution in [3.63, 3.8) is 0 Å². The van der Waals surface area contributed by atoms with Crippen molar-refractivity contribution in [2.45, 2.75) is 13.5 Å². The largest absolute Gasteiger partial charge is 0.489 e. The molecule has 0 bridgehead atoms. The Morgan fingerprint density at radius 2 is 1.62 bits per heavy atom. The molecule has 0 amide bonds. The molecule has 0 aromatic heterocycles. The molecule has 1 aliphatic heterocycles. The van der Waals surface area contributed by atoms with Gasteiger partial charge in [-0.05, 0) is 42.3 Å². The Balaban J connectivity index is 1.61. The maximum absolute atomic E-state index is 13.9. The molecule has 0 saturated heterocycles. The molecule has 0 radical (unpaired) electrons. The molecule has 3 nitrogen and oxygen atoms in total. The Bertz CT molecular complexity index is 1270. The van der Waals surface area contributed by atoms with Gasteiger partial charge in [0, 0.05) is 11.1 Å². The topological polar surface area (TPSA) is 35.5 Å². The standard InChI is InChI=1S/C23H12ClF5O3/c1-10-5-13(31-9-14-18(25)20(27)22(29)21(28)19(14)26)8-15-17(10)23(30)16(32-15)7-11-3-2-4-12(24)6-11/h2-8H,9H2,1H3/b16-7-. The quantitative estimate of drug-likeness (QED) is 0.189. The number of benzene rings is 3. The van der Waals surface area contributed by atoms with Crippen molar-refractivity contribution < 1.29 is 36.2 Å². The third kappa shape index (κ3) is 3.82. The summed E-state index contributed by atoms with van der Waals surface area (Å²) < 4.78 is 78.5. The summed E-state index contributed by atoms with van der Waals surface area (Å²) in [4.78, 5) is 12.7. The van der Waals surface area contributed by atoms with E-state index in [9.17, 15) is 26.7 Å². The van der Waals surface area contributed by atoms with Crippen molar-refractivity contribution in [1.82, 2.24) is 0 Å². The SMILES string of the molecule is Cc1cc(OCc2c(F)c(F)c(F)c(F)c2F)cc2c1C(=O)/C(=C/c1cccc(Cl)c1)O2. The van der Waals surface area contributed by atoms with Gasteiger partial charge >= 0.3 is 0 Å². The highest BCUT2D eigenvalue weighted by Gasteiger charge is 2.30. The first-order chi connectivity index (χ1) is 15.2. The summed E-state index contributed by atoms with van der Waals surface area (Å²) in [7, 11) is 0. The number of Topliss-reactive ketones (excluding diaryl/α,β-unsaturated/α-hetero) is 1. The lowest BCUT2D eigenvalue weighted by Gasteiger charge is -2.11. The van der Waals surface area contributed by atoms with Crippen LogP contribution in [-0.2, 0) is 6.61 Å². The molecule has 32 heavy (non-hydrogen) atoms. The van der Waals surface area contributed by atoms with Gasteiger partial charge in [-0.1, -0.05) is 23.7 Å². The van der Waals surface area contributed by atoms with E-state index in [1.54, 1.807) is 31.2 Å². The molecule has 3 aromatic rings. The van der Waals surface area contributed by atoms with Gasteiger partial charge in [-0.3, -0.25) is 4.79 Å². The first-order valence-corrected chi connectivity index (χ1v) is 9.52. The maximum atomic E-state index is 13.9. The van der Waals surface area contributed by atoms with Gasteiger partial charge in [0.05, 0.1) is 11.1 Å². The smallest absolute Gasteiger partial charge is 0.232 e. The van der Waals surface area contributed by atoms with E-state index in [0.29, 0.717) is 16.1 Å². The van der Waals surface area contributed by atoms with E-state index in [1.165, 1.54) is 18.2 Å². The minimum absolute atomic E-state index is 0.0157. The van der Waals surface area contributed by atoms with Crippen LogP contribution < -0.4 is 9.47 Å². The molecular weight excluding hydrogens is 455 g/mol. The van der Waals surface area contributed by atoms with Crippen LogP contribution in [0.15, 0.2) is 42.2 Å². The van der Waals surface area contributed by atoms with E-state index in [-0.39, 0.29) is 28.6 Å². The molecule has 164 valence electrons. The lowest BCUT2D eigenvalue weighted by Crippen LogP contribution is -2.10. The van der Waals surface area contributed by atoms with Gasteiger partial charge in [0.1, 0.15) is 18.1 Å². The monoisotopic (exact) mass is 466 g/mol. The lowest BCUT2D eigenvalue weighted by molar-refractivity contribution is 0.101. The average Bonchev–Trinajstić information content (AvgIpc) is 3.06. The second-order valence-electron chi connectivity index (χ2n) is 6.95. The number of carbonyl (C=O) groups is 1. The Hall–Kier alpha value is -3.39. The number of hydrogen-bond donors (Lipinski definition) is 0. The lowest BCUT2D eigenvalue weighted by atomic mass is 10.0. The highest BCUT2D eigenvalue weighted by Crippen LogP contribution is 2.38. The number of rotatable bonds is 4. The molecule has 0 atom stereocenters. The van der Waals surface area contributed by atoms with Crippen LogP contribution in [0.4, 0.5) is 22.0 Å². The first-order valence-electron chi connectivity index (χ1n) is 9.15. The summed E-state index contributed by atoms with van der Waals surface area (Å²) in [5.41, 5.74) is 0.225. The average molecular weight is 467 g/mol. The fourth-order valence-electron chi connectivity index (χ4n) is 3.24.